The van der Waals surface area contributed by atoms with E-state index in [1.54, 1.807) is 11.3 Å². The second-order valence-electron chi connectivity index (χ2n) is 7.54. The lowest BCUT2D eigenvalue weighted by Gasteiger charge is -2.21. The average Bonchev–Trinajstić information content (AvgIpc) is 3.22. The molecule has 1 aromatic carbocycles. The molecule has 0 bridgehead atoms. The number of fused-ring (bicyclic) bond motifs is 2. The summed E-state index contributed by atoms with van der Waals surface area (Å²) in [5.74, 6) is 0.378. The molecule has 3 aromatic heterocycles. The number of nitrogens with zero attached hydrogens (tertiary/aromatic N) is 1. The fourth-order valence-electron chi connectivity index (χ4n) is 3.23. The van der Waals surface area contributed by atoms with Crippen molar-refractivity contribution in [3.8, 4) is 11.4 Å². The van der Waals surface area contributed by atoms with Gasteiger partial charge in [0.05, 0.1) is 34.8 Å². The van der Waals surface area contributed by atoms with Crippen LogP contribution in [0.4, 0.5) is 5.69 Å². The number of hydrogen-bond donors (Lipinski definition) is 3. The van der Waals surface area contributed by atoms with E-state index >= 15 is 0 Å². The first kappa shape index (κ1) is 17.6. The van der Waals surface area contributed by atoms with Crippen LogP contribution >= 0.6 is 11.3 Å². The zero-order valence-corrected chi connectivity index (χ0v) is 17.3. The van der Waals surface area contributed by atoms with Gasteiger partial charge < -0.3 is 15.3 Å². The number of aromatic nitrogens is 3. The summed E-state index contributed by atoms with van der Waals surface area (Å²) in [4.78, 5) is 25.3. The number of thiophene rings is 1. The fourth-order valence-corrected chi connectivity index (χ4v) is 4.36. The molecule has 142 valence electrons. The largest absolute Gasteiger partial charge is 0.389 e. The van der Waals surface area contributed by atoms with Crippen molar-refractivity contribution in [1.29, 1.82) is 0 Å². The van der Waals surface area contributed by atoms with E-state index in [0.29, 0.717) is 17.1 Å². The van der Waals surface area contributed by atoms with Crippen LogP contribution in [0, 0.1) is 26.7 Å². The number of hydrogen-bond acceptors (Lipinski definition) is 4. The maximum Gasteiger partial charge on any atom is 0.261 e. The van der Waals surface area contributed by atoms with E-state index in [-0.39, 0.29) is 24.3 Å². The predicted octanol–water partition coefficient (Wildman–Crippen LogP) is 4.62. The molecule has 0 amide bonds. The summed E-state index contributed by atoms with van der Waals surface area (Å²) in [5.41, 5.74) is 5.32. The summed E-state index contributed by atoms with van der Waals surface area (Å²) >= 11 is 1.63. The minimum Gasteiger partial charge on any atom is -0.389 e. The topological polar surface area (TPSA) is 73.6 Å². The van der Waals surface area contributed by atoms with Crippen molar-refractivity contribution in [2.75, 3.05) is 5.32 Å². The highest BCUT2D eigenvalue weighted by atomic mass is 32.1. The molecule has 4 aromatic rings. The SMILES string of the molecule is [2H]Cc1ccc2nc(-c3c(NC([B])C(C)C)c4sc(C)c(C)c4[nH]c3=O)[nH]c2c1. The first-order chi connectivity index (χ1) is 13.8. The van der Waals surface area contributed by atoms with Crippen molar-refractivity contribution >= 4 is 46.1 Å². The molecule has 0 spiro atoms. The number of rotatable bonds is 4. The van der Waals surface area contributed by atoms with Gasteiger partial charge in [0.1, 0.15) is 11.4 Å². The first-order valence-electron chi connectivity index (χ1n) is 9.97. The van der Waals surface area contributed by atoms with Gasteiger partial charge in [0.2, 0.25) is 0 Å². The van der Waals surface area contributed by atoms with Gasteiger partial charge in [0.25, 0.3) is 5.56 Å². The number of anilines is 1. The van der Waals surface area contributed by atoms with Gasteiger partial charge in [-0.1, -0.05) is 19.9 Å². The van der Waals surface area contributed by atoms with E-state index in [2.05, 4.69) is 20.3 Å². The maximum atomic E-state index is 13.1. The highest BCUT2D eigenvalue weighted by molar-refractivity contribution is 7.19. The molecule has 5 nitrogen and oxygen atoms in total. The van der Waals surface area contributed by atoms with E-state index in [9.17, 15) is 4.79 Å². The molecule has 0 aliphatic heterocycles. The number of nitrogens with one attached hydrogen (secondary N) is 3. The van der Waals surface area contributed by atoms with Gasteiger partial charge in [-0.15, -0.1) is 11.3 Å². The molecular formula is C21H23BN4OS. The Kier molecular flexibility index (Phi) is 4.27. The lowest BCUT2D eigenvalue weighted by atomic mass is 9.85. The second kappa shape index (κ2) is 6.81. The van der Waals surface area contributed by atoms with Crippen molar-refractivity contribution in [2.45, 2.75) is 40.5 Å². The van der Waals surface area contributed by atoms with Gasteiger partial charge in [-0.25, -0.2) is 4.98 Å². The Balaban J connectivity index is 2.00. The summed E-state index contributed by atoms with van der Waals surface area (Å²) in [7, 11) is 6.32. The summed E-state index contributed by atoms with van der Waals surface area (Å²) < 4.78 is 8.55. The Labute approximate surface area is 170 Å². The monoisotopic (exact) mass is 391 g/mol. The standard InChI is InChI=1S/C21H23BN4OS/c1-9(2)19(22)25-17-15(20-23-13-7-6-10(3)8-14(13)24-20)21(27)26-16-11(4)12(5)28-18(16)17/h6-9,19H,1-5H3,(H,23,24)(H2,25,26,27)/i3D. The van der Waals surface area contributed by atoms with Gasteiger partial charge >= 0.3 is 0 Å². The second-order valence-corrected chi connectivity index (χ2v) is 8.77. The summed E-state index contributed by atoms with van der Waals surface area (Å²) in [5, 5.41) is 3.38. The van der Waals surface area contributed by atoms with Crippen molar-refractivity contribution in [1.82, 2.24) is 15.0 Å². The average molecular weight is 391 g/mol. The zero-order valence-electron chi connectivity index (χ0n) is 17.4. The molecular weight excluding hydrogens is 367 g/mol. The molecule has 2 radical (unpaired) electrons. The number of benzene rings is 1. The predicted molar refractivity (Wildman–Crippen MR) is 120 cm³/mol. The molecule has 0 aliphatic carbocycles. The fraction of sp³-hybridized carbons (Fsp3) is 0.333. The van der Waals surface area contributed by atoms with E-state index in [4.69, 9.17) is 9.22 Å². The molecule has 1 unspecified atom stereocenters. The van der Waals surface area contributed by atoms with Crippen molar-refractivity contribution in [2.24, 2.45) is 5.92 Å². The van der Waals surface area contributed by atoms with Crippen molar-refractivity contribution in [3.05, 3.63) is 44.6 Å². The smallest absolute Gasteiger partial charge is 0.261 e. The van der Waals surface area contributed by atoms with Crippen LogP contribution in [-0.2, 0) is 0 Å². The molecule has 0 saturated carbocycles. The van der Waals surface area contributed by atoms with Crippen LogP contribution in [0.15, 0.2) is 23.0 Å². The van der Waals surface area contributed by atoms with Gasteiger partial charge in [-0.05, 0) is 55.9 Å². The molecule has 7 heteroatoms. The number of H-pyrrole nitrogens is 2. The molecule has 0 saturated heterocycles. The molecule has 4 rings (SSSR count). The van der Waals surface area contributed by atoms with Crippen molar-refractivity contribution in [3.63, 3.8) is 0 Å². The molecule has 1 atom stereocenters. The van der Waals surface area contributed by atoms with E-state index < -0.39 is 0 Å². The summed E-state index contributed by atoms with van der Waals surface area (Å²) in [6, 6.07) is 5.66. The number of aryl methyl sites for hydroxylation is 3. The van der Waals surface area contributed by atoms with Gasteiger partial charge in [0, 0.05) is 6.25 Å². The van der Waals surface area contributed by atoms with Crippen molar-refractivity contribution < 1.29 is 1.37 Å². The lowest BCUT2D eigenvalue weighted by Crippen LogP contribution is -2.27. The number of pyridine rings is 1. The highest BCUT2D eigenvalue weighted by Gasteiger charge is 2.22. The minimum atomic E-state index is -0.305. The number of imidazole rings is 1. The maximum absolute atomic E-state index is 13.1. The number of aromatic amines is 2. The van der Waals surface area contributed by atoms with Gasteiger partial charge in [0.15, 0.2) is 0 Å². The quantitative estimate of drug-likeness (QED) is 0.445. The summed E-state index contributed by atoms with van der Waals surface area (Å²) in [6.45, 7) is 8.33. The Morgan fingerprint density at radius 3 is 2.79 bits per heavy atom. The Morgan fingerprint density at radius 2 is 2.07 bits per heavy atom. The normalized spacial score (nSPS) is 13.4. The summed E-state index contributed by atoms with van der Waals surface area (Å²) in [6.07, 6.45) is 0. The Hall–Kier alpha value is -2.54. The van der Waals surface area contributed by atoms with Crippen LogP contribution < -0.4 is 10.9 Å². The molecule has 28 heavy (non-hydrogen) atoms. The Morgan fingerprint density at radius 1 is 1.29 bits per heavy atom. The Bertz CT molecular complexity index is 1270. The van der Waals surface area contributed by atoms with E-state index in [1.165, 1.54) is 0 Å². The minimum absolute atomic E-state index is 0.189. The zero-order chi connectivity index (χ0) is 20.9. The van der Waals surface area contributed by atoms with Crippen LogP contribution in [-0.4, -0.2) is 28.7 Å². The third-order valence-electron chi connectivity index (χ3n) is 5.14. The third-order valence-corrected chi connectivity index (χ3v) is 6.37. The van der Waals surface area contributed by atoms with Gasteiger partial charge in [-0.3, -0.25) is 4.79 Å². The van der Waals surface area contributed by atoms with E-state index in [0.717, 1.165) is 37.3 Å². The molecule has 0 aliphatic rings. The van der Waals surface area contributed by atoms with Crippen LogP contribution in [0.1, 0.15) is 31.2 Å². The van der Waals surface area contributed by atoms with Crippen LogP contribution in [0.2, 0.25) is 0 Å². The third kappa shape index (κ3) is 3.03. The first-order valence-corrected chi connectivity index (χ1v) is 10.1. The lowest BCUT2D eigenvalue weighted by molar-refractivity contribution is 0.643. The van der Waals surface area contributed by atoms with Crippen LogP contribution in [0.25, 0.3) is 32.6 Å². The van der Waals surface area contributed by atoms with Crippen LogP contribution in [0.3, 0.4) is 0 Å². The van der Waals surface area contributed by atoms with Crippen LogP contribution in [0.5, 0.6) is 0 Å². The molecule has 0 fully saturated rings. The van der Waals surface area contributed by atoms with Gasteiger partial charge in [-0.2, -0.15) is 0 Å². The van der Waals surface area contributed by atoms with E-state index in [1.807, 2.05) is 45.9 Å². The molecule has 3 heterocycles. The molecule has 3 N–H and O–H groups in total. The highest BCUT2D eigenvalue weighted by Crippen LogP contribution is 2.38.